The molecule has 0 aliphatic carbocycles. The number of esters is 1. The number of β-lactam (4-membered cyclic amide) rings is 1. The van der Waals surface area contributed by atoms with Crippen LogP contribution in [0.25, 0.3) is 0 Å². The Labute approximate surface area is 201 Å². The maximum atomic E-state index is 13.1. The van der Waals surface area contributed by atoms with Crippen molar-refractivity contribution in [3.8, 4) is 0 Å². The van der Waals surface area contributed by atoms with Crippen LogP contribution in [0.5, 0.6) is 0 Å². The lowest BCUT2D eigenvalue weighted by Crippen LogP contribution is -2.71. The molecule has 0 spiro atoms. The van der Waals surface area contributed by atoms with E-state index < -0.39 is 40.0 Å². The van der Waals surface area contributed by atoms with Crippen LogP contribution in [0.15, 0.2) is 59.3 Å². The number of amides is 3. The highest BCUT2D eigenvalue weighted by Gasteiger charge is 2.60. The van der Waals surface area contributed by atoms with Gasteiger partial charge in [0.2, 0.25) is 0 Å². The highest BCUT2D eigenvalue weighted by Crippen LogP contribution is 2.45. The number of non-ortho nitro benzene ring substituents is 1. The van der Waals surface area contributed by atoms with Gasteiger partial charge < -0.3 is 4.74 Å². The predicted octanol–water partition coefficient (Wildman–Crippen LogP) is 2.67. The van der Waals surface area contributed by atoms with Crippen LogP contribution in [0.2, 0.25) is 0 Å². The molecule has 1 fully saturated rings. The highest BCUT2D eigenvalue weighted by atomic mass is 35.5. The second-order valence-corrected chi connectivity index (χ2v) is 9.19. The van der Waals surface area contributed by atoms with E-state index >= 15 is 0 Å². The minimum atomic E-state index is -1.06. The van der Waals surface area contributed by atoms with Crippen molar-refractivity contribution < 1.29 is 28.8 Å². The third-order valence-corrected chi connectivity index (χ3v) is 7.44. The van der Waals surface area contributed by atoms with Gasteiger partial charge in [-0.2, -0.15) is 0 Å². The molecule has 0 aromatic heterocycles. The van der Waals surface area contributed by atoms with Crippen LogP contribution in [-0.4, -0.2) is 55.6 Å². The first-order valence-corrected chi connectivity index (χ1v) is 11.4. The number of rotatable bonds is 5. The Hall–Kier alpha value is -3.70. The number of carbonyl (C=O) groups is 4. The lowest BCUT2D eigenvalue weighted by molar-refractivity contribution is -0.384. The van der Waals surface area contributed by atoms with Crippen LogP contribution < -0.4 is 0 Å². The van der Waals surface area contributed by atoms with E-state index in [0.717, 1.165) is 9.80 Å². The third-order valence-electron chi connectivity index (χ3n) is 5.71. The van der Waals surface area contributed by atoms with E-state index in [0.29, 0.717) is 5.56 Å². The number of ether oxygens (including phenoxy) is 1. The van der Waals surface area contributed by atoms with Crippen molar-refractivity contribution in [1.29, 1.82) is 0 Å². The number of halogens is 1. The summed E-state index contributed by atoms with van der Waals surface area (Å²) >= 11 is 7.49. The number of benzene rings is 2. The molecule has 3 aliphatic heterocycles. The van der Waals surface area contributed by atoms with Gasteiger partial charge in [0, 0.05) is 17.9 Å². The molecule has 2 aromatic carbocycles. The van der Waals surface area contributed by atoms with E-state index in [1.807, 2.05) is 0 Å². The van der Waals surface area contributed by atoms with E-state index in [2.05, 4.69) is 0 Å². The standard InChI is InChI=1S/C22H14ClN3O7S/c23-15-10-34-21-17(24-18(27)13-3-1-2-4-14(13)19(24)28)20(29)25(21)16(15)22(30)33-9-11-5-7-12(8-6-11)26(31)32/h1-8,17,21H,9-10H2/t17?,21-/m0/s1. The molecule has 2 atom stereocenters. The molecule has 3 aliphatic rings. The number of nitrogens with zero attached hydrogens (tertiary/aromatic N) is 3. The molecule has 34 heavy (non-hydrogen) atoms. The van der Waals surface area contributed by atoms with E-state index in [1.54, 1.807) is 12.1 Å². The maximum Gasteiger partial charge on any atom is 0.356 e. The van der Waals surface area contributed by atoms with Gasteiger partial charge in [-0.1, -0.05) is 23.7 Å². The minimum absolute atomic E-state index is 0.0987. The lowest BCUT2D eigenvalue weighted by atomic mass is 10.0. The molecule has 0 radical (unpaired) electrons. The number of thioether (sulfide) groups is 1. The van der Waals surface area contributed by atoms with E-state index in [9.17, 15) is 29.3 Å². The average molecular weight is 500 g/mol. The van der Waals surface area contributed by atoms with Gasteiger partial charge in [0.15, 0.2) is 0 Å². The quantitative estimate of drug-likeness (QED) is 0.202. The van der Waals surface area contributed by atoms with Gasteiger partial charge in [-0.25, -0.2) is 4.79 Å². The van der Waals surface area contributed by atoms with Crippen molar-refractivity contribution in [3.63, 3.8) is 0 Å². The minimum Gasteiger partial charge on any atom is -0.456 e. The molecular formula is C22H14ClN3O7S. The monoisotopic (exact) mass is 499 g/mol. The summed E-state index contributed by atoms with van der Waals surface area (Å²) in [6, 6.07) is 10.8. The zero-order valence-electron chi connectivity index (χ0n) is 17.2. The number of nitro benzene ring substituents is 1. The van der Waals surface area contributed by atoms with Crippen LogP contribution >= 0.6 is 23.4 Å². The van der Waals surface area contributed by atoms with Crippen molar-refractivity contribution in [2.24, 2.45) is 0 Å². The zero-order valence-corrected chi connectivity index (χ0v) is 18.7. The van der Waals surface area contributed by atoms with Gasteiger partial charge >= 0.3 is 5.97 Å². The molecule has 0 N–H and O–H groups in total. The van der Waals surface area contributed by atoms with E-state index in [4.69, 9.17) is 16.3 Å². The number of carbonyl (C=O) groups excluding carboxylic acids is 4. The molecular weight excluding hydrogens is 486 g/mol. The smallest absolute Gasteiger partial charge is 0.356 e. The van der Waals surface area contributed by atoms with Crippen molar-refractivity contribution in [3.05, 3.63) is 86.1 Å². The van der Waals surface area contributed by atoms with Crippen LogP contribution in [0.1, 0.15) is 26.3 Å². The van der Waals surface area contributed by atoms with Crippen LogP contribution in [0.3, 0.4) is 0 Å². The molecule has 0 saturated carbocycles. The fraction of sp³-hybridized carbons (Fsp3) is 0.182. The SMILES string of the molecule is O=C(OCc1ccc([N+](=O)[O-])cc1)C1=C(Cl)CS[C@H]2C(N3C(=O)c4ccccc4C3=O)C(=O)N12. The van der Waals surface area contributed by atoms with Crippen LogP contribution in [0.4, 0.5) is 5.69 Å². The summed E-state index contributed by atoms with van der Waals surface area (Å²) in [4.78, 5) is 63.8. The highest BCUT2D eigenvalue weighted by molar-refractivity contribution is 8.00. The van der Waals surface area contributed by atoms with Crippen LogP contribution in [-0.2, 0) is 20.9 Å². The number of imide groups is 1. The molecule has 0 bridgehead atoms. The Bertz CT molecular complexity index is 1270. The van der Waals surface area contributed by atoms with Crippen molar-refractivity contribution in [2.45, 2.75) is 18.0 Å². The Balaban J connectivity index is 1.32. The lowest BCUT2D eigenvalue weighted by Gasteiger charge is -2.51. The normalized spacial score (nSPS) is 21.3. The molecule has 1 unspecified atom stereocenters. The summed E-state index contributed by atoms with van der Waals surface area (Å²) in [5.74, 6) is -2.36. The maximum absolute atomic E-state index is 13.1. The second kappa shape index (κ2) is 8.26. The van der Waals surface area contributed by atoms with Gasteiger partial charge in [-0.05, 0) is 29.8 Å². The molecule has 12 heteroatoms. The molecule has 2 aromatic rings. The molecule has 3 heterocycles. The fourth-order valence-corrected chi connectivity index (χ4v) is 5.64. The Morgan fingerprint density at radius 2 is 1.68 bits per heavy atom. The molecule has 5 rings (SSSR count). The Kier molecular flexibility index (Phi) is 5.37. The van der Waals surface area contributed by atoms with Crippen molar-refractivity contribution >= 4 is 52.7 Å². The largest absolute Gasteiger partial charge is 0.456 e. The first-order chi connectivity index (χ1) is 16.3. The Morgan fingerprint density at radius 1 is 1.06 bits per heavy atom. The van der Waals surface area contributed by atoms with Crippen molar-refractivity contribution in [2.75, 3.05) is 5.75 Å². The van der Waals surface area contributed by atoms with Gasteiger partial charge in [-0.3, -0.25) is 34.3 Å². The van der Waals surface area contributed by atoms with Gasteiger partial charge in [-0.15, -0.1) is 11.8 Å². The summed E-state index contributed by atoms with van der Waals surface area (Å²) in [5.41, 5.74) is 0.742. The zero-order chi connectivity index (χ0) is 24.1. The molecule has 10 nitrogen and oxygen atoms in total. The van der Waals surface area contributed by atoms with Gasteiger partial charge in [0.05, 0.1) is 21.1 Å². The summed E-state index contributed by atoms with van der Waals surface area (Å²) in [5, 5.41) is 10.2. The summed E-state index contributed by atoms with van der Waals surface area (Å²) in [7, 11) is 0. The third kappa shape index (κ3) is 3.35. The van der Waals surface area contributed by atoms with Crippen LogP contribution in [0, 0.1) is 10.1 Å². The first-order valence-electron chi connectivity index (χ1n) is 10.0. The second-order valence-electron chi connectivity index (χ2n) is 7.63. The number of hydrogen-bond donors (Lipinski definition) is 0. The topological polar surface area (TPSA) is 127 Å². The number of nitro groups is 1. The van der Waals surface area contributed by atoms with Gasteiger partial charge in [0.25, 0.3) is 23.4 Å². The van der Waals surface area contributed by atoms with E-state index in [-0.39, 0.29) is 39.9 Å². The van der Waals surface area contributed by atoms with Gasteiger partial charge in [0.1, 0.15) is 23.7 Å². The predicted molar refractivity (Wildman–Crippen MR) is 120 cm³/mol. The summed E-state index contributed by atoms with van der Waals surface area (Å²) < 4.78 is 5.29. The number of hydrogen-bond acceptors (Lipinski definition) is 8. The molecule has 172 valence electrons. The average Bonchev–Trinajstić information content (AvgIpc) is 3.08. The molecule has 1 saturated heterocycles. The Morgan fingerprint density at radius 3 is 2.26 bits per heavy atom. The van der Waals surface area contributed by atoms with Crippen molar-refractivity contribution in [1.82, 2.24) is 9.80 Å². The fourth-order valence-electron chi connectivity index (χ4n) is 4.05. The summed E-state index contributed by atoms with van der Waals surface area (Å²) in [6.45, 7) is -0.188. The summed E-state index contributed by atoms with van der Waals surface area (Å²) in [6.07, 6.45) is 0. The molecule has 3 amide bonds. The first kappa shape index (κ1) is 22.1. The van der Waals surface area contributed by atoms with E-state index in [1.165, 1.54) is 48.2 Å². The number of fused-ring (bicyclic) bond motifs is 2.